The molecule has 7 heteroatoms. The molecule has 96 valence electrons. The number of carboxylic acids is 1. The molecule has 7 nitrogen and oxygen atoms in total. The maximum Gasteiger partial charge on any atom is 0.410 e. The van der Waals surface area contributed by atoms with Crippen molar-refractivity contribution in [3.05, 3.63) is 0 Å². The molecule has 0 heterocycles. The summed E-state index contributed by atoms with van der Waals surface area (Å²) in [5.41, 5.74) is -1.20. The number of ether oxygens (including phenoxy) is 2. The average Bonchev–Trinajstić information content (AvgIpc) is 2.98. The number of carbonyl (C=O) groups is 3. The number of alkyl carbamates (subject to hydrolysis) is 1. The monoisotopic (exact) mass is 245 g/mol. The van der Waals surface area contributed by atoms with Crippen LogP contribution >= 0.6 is 0 Å². The molecule has 0 unspecified atom stereocenters. The highest BCUT2D eigenvalue weighted by Gasteiger charge is 2.52. The molecule has 1 aliphatic carbocycles. The van der Waals surface area contributed by atoms with Crippen LogP contribution in [0.4, 0.5) is 4.79 Å². The number of aliphatic carboxylic acids is 1. The Kier molecular flexibility index (Phi) is 3.93. The van der Waals surface area contributed by atoms with Gasteiger partial charge in [0, 0.05) is 0 Å². The van der Waals surface area contributed by atoms with Crippen molar-refractivity contribution < 1.29 is 29.0 Å². The zero-order valence-electron chi connectivity index (χ0n) is 9.69. The van der Waals surface area contributed by atoms with Gasteiger partial charge in [-0.15, -0.1) is 0 Å². The molecule has 1 saturated carbocycles. The van der Waals surface area contributed by atoms with Crippen LogP contribution < -0.4 is 5.32 Å². The molecule has 0 radical (unpaired) electrons. The molecule has 0 atom stereocenters. The Morgan fingerprint density at radius 3 is 2.29 bits per heavy atom. The van der Waals surface area contributed by atoms with Crippen LogP contribution in [0, 0.1) is 5.92 Å². The summed E-state index contributed by atoms with van der Waals surface area (Å²) in [5, 5.41) is 11.0. The molecule has 0 aromatic carbocycles. The Morgan fingerprint density at radius 2 is 1.88 bits per heavy atom. The van der Waals surface area contributed by atoms with Crippen LogP contribution in [-0.2, 0) is 19.1 Å². The lowest BCUT2D eigenvalue weighted by atomic mass is 10.2. The first-order valence-corrected chi connectivity index (χ1v) is 5.22. The fraction of sp³-hybridized carbons (Fsp3) is 0.700. The van der Waals surface area contributed by atoms with Crippen molar-refractivity contribution in [3.63, 3.8) is 0 Å². The van der Waals surface area contributed by atoms with Crippen LogP contribution in [0.15, 0.2) is 0 Å². The SMILES string of the molecule is CC(C)C(=O)OCOC(=O)NC1(C(=O)O)CC1. The van der Waals surface area contributed by atoms with E-state index in [9.17, 15) is 14.4 Å². The predicted molar refractivity (Wildman–Crippen MR) is 55.0 cm³/mol. The summed E-state index contributed by atoms with van der Waals surface area (Å²) < 4.78 is 9.13. The van der Waals surface area contributed by atoms with Crippen molar-refractivity contribution in [1.82, 2.24) is 5.32 Å². The molecule has 1 rings (SSSR count). The Morgan fingerprint density at radius 1 is 1.29 bits per heavy atom. The van der Waals surface area contributed by atoms with Crippen LogP contribution in [0.3, 0.4) is 0 Å². The maximum absolute atomic E-state index is 11.2. The van der Waals surface area contributed by atoms with E-state index in [0.717, 1.165) is 0 Å². The summed E-state index contributed by atoms with van der Waals surface area (Å²) in [6.07, 6.45) is -0.145. The fourth-order valence-corrected chi connectivity index (χ4v) is 1.06. The number of esters is 1. The summed E-state index contributed by atoms with van der Waals surface area (Å²) >= 11 is 0. The highest BCUT2D eigenvalue weighted by atomic mass is 16.7. The first kappa shape index (κ1) is 13.3. The molecule has 2 N–H and O–H groups in total. The van der Waals surface area contributed by atoms with Crippen molar-refractivity contribution in [1.29, 1.82) is 0 Å². The smallest absolute Gasteiger partial charge is 0.410 e. The Balaban J connectivity index is 2.23. The van der Waals surface area contributed by atoms with Crippen LogP contribution in [0.5, 0.6) is 0 Å². The first-order valence-electron chi connectivity index (χ1n) is 5.22. The van der Waals surface area contributed by atoms with E-state index in [1.807, 2.05) is 0 Å². The van der Waals surface area contributed by atoms with E-state index in [-0.39, 0.29) is 5.92 Å². The van der Waals surface area contributed by atoms with Crippen molar-refractivity contribution in [2.24, 2.45) is 5.92 Å². The van der Waals surface area contributed by atoms with E-state index in [4.69, 9.17) is 5.11 Å². The fourth-order valence-electron chi connectivity index (χ4n) is 1.06. The minimum absolute atomic E-state index is 0.310. The third-order valence-electron chi connectivity index (χ3n) is 2.36. The molecule has 0 saturated heterocycles. The topological polar surface area (TPSA) is 102 Å². The van der Waals surface area contributed by atoms with Gasteiger partial charge in [-0.1, -0.05) is 13.8 Å². The number of hydrogen-bond donors (Lipinski definition) is 2. The van der Waals surface area contributed by atoms with Crippen molar-refractivity contribution in [3.8, 4) is 0 Å². The summed E-state index contributed by atoms with van der Waals surface area (Å²) in [5.74, 6) is -1.89. The lowest BCUT2D eigenvalue weighted by Crippen LogP contribution is -2.43. The van der Waals surface area contributed by atoms with E-state index < -0.39 is 30.4 Å². The standard InChI is InChI=1S/C10H15NO6/c1-6(2)7(12)16-5-17-9(15)11-10(3-4-10)8(13)14/h6H,3-5H2,1-2H3,(H,11,15)(H,13,14). The molecular formula is C10H15NO6. The molecule has 17 heavy (non-hydrogen) atoms. The van der Waals surface area contributed by atoms with Gasteiger partial charge < -0.3 is 19.9 Å². The zero-order valence-corrected chi connectivity index (χ0v) is 9.69. The number of carboxylic acid groups (broad SMARTS) is 1. The Hall–Kier alpha value is -1.79. The first-order chi connectivity index (χ1) is 7.87. The minimum atomic E-state index is -1.20. The second kappa shape index (κ2) is 5.03. The van der Waals surface area contributed by atoms with Gasteiger partial charge in [-0.05, 0) is 12.8 Å². The lowest BCUT2D eigenvalue weighted by molar-refractivity contribution is -0.156. The van der Waals surface area contributed by atoms with Crippen molar-refractivity contribution in [2.75, 3.05) is 6.79 Å². The number of carbonyl (C=O) groups excluding carboxylic acids is 2. The number of hydrogen-bond acceptors (Lipinski definition) is 5. The quantitative estimate of drug-likeness (QED) is 0.539. The summed E-state index contributed by atoms with van der Waals surface area (Å²) in [6, 6.07) is 0. The minimum Gasteiger partial charge on any atom is -0.480 e. The van der Waals surface area contributed by atoms with E-state index in [0.29, 0.717) is 12.8 Å². The van der Waals surface area contributed by atoms with E-state index >= 15 is 0 Å². The second-order valence-corrected chi connectivity index (χ2v) is 4.18. The van der Waals surface area contributed by atoms with E-state index in [1.54, 1.807) is 13.8 Å². The molecule has 0 aromatic heterocycles. The summed E-state index contributed by atoms with van der Waals surface area (Å²) in [7, 11) is 0. The van der Waals surface area contributed by atoms with Gasteiger partial charge in [-0.25, -0.2) is 9.59 Å². The molecular weight excluding hydrogens is 230 g/mol. The summed E-state index contributed by atoms with van der Waals surface area (Å²) in [6.45, 7) is 2.77. The number of amides is 1. The highest BCUT2D eigenvalue weighted by Crippen LogP contribution is 2.35. The van der Waals surface area contributed by atoms with Gasteiger partial charge in [-0.3, -0.25) is 4.79 Å². The lowest BCUT2D eigenvalue weighted by Gasteiger charge is -2.13. The zero-order chi connectivity index (χ0) is 13.1. The maximum atomic E-state index is 11.2. The Bertz CT molecular complexity index is 334. The van der Waals surface area contributed by atoms with Crippen LogP contribution in [0.25, 0.3) is 0 Å². The predicted octanol–water partition coefficient (Wildman–Crippen LogP) is 0.486. The second-order valence-electron chi connectivity index (χ2n) is 4.18. The van der Waals surface area contributed by atoms with Gasteiger partial charge in [0.2, 0.25) is 6.79 Å². The number of nitrogens with one attached hydrogen (secondary N) is 1. The molecule has 1 aliphatic rings. The molecule has 0 aromatic rings. The normalized spacial score (nSPS) is 16.2. The Labute approximate surface area is 98.1 Å². The third kappa shape index (κ3) is 3.61. The molecule has 0 spiro atoms. The van der Waals surface area contributed by atoms with Crippen molar-refractivity contribution in [2.45, 2.75) is 32.2 Å². The van der Waals surface area contributed by atoms with Gasteiger partial charge in [0.15, 0.2) is 0 Å². The third-order valence-corrected chi connectivity index (χ3v) is 2.36. The van der Waals surface area contributed by atoms with Gasteiger partial charge >= 0.3 is 18.0 Å². The summed E-state index contributed by atoms with van der Waals surface area (Å²) in [4.78, 5) is 32.9. The van der Waals surface area contributed by atoms with Gasteiger partial charge in [0.25, 0.3) is 0 Å². The number of rotatable bonds is 5. The molecule has 0 aliphatic heterocycles. The van der Waals surface area contributed by atoms with Crippen LogP contribution in [-0.4, -0.2) is 35.5 Å². The van der Waals surface area contributed by atoms with E-state index in [2.05, 4.69) is 14.8 Å². The molecule has 1 fully saturated rings. The van der Waals surface area contributed by atoms with Gasteiger partial charge in [-0.2, -0.15) is 0 Å². The average molecular weight is 245 g/mol. The van der Waals surface area contributed by atoms with Crippen LogP contribution in [0.1, 0.15) is 26.7 Å². The highest BCUT2D eigenvalue weighted by molar-refractivity contribution is 5.87. The van der Waals surface area contributed by atoms with Gasteiger partial charge in [0.05, 0.1) is 5.92 Å². The largest absolute Gasteiger partial charge is 0.480 e. The van der Waals surface area contributed by atoms with Crippen molar-refractivity contribution >= 4 is 18.0 Å². The van der Waals surface area contributed by atoms with Crippen LogP contribution in [0.2, 0.25) is 0 Å². The molecule has 0 bridgehead atoms. The van der Waals surface area contributed by atoms with E-state index in [1.165, 1.54) is 0 Å². The van der Waals surface area contributed by atoms with Gasteiger partial charge in [0.1, 0.15) is 5.54 Å². The molecule has 1 amide bonds.